The van der Waals surface area contributed by atoms with Crippen LogP contribution in [0.5, 0.6) is 5.75 Å². The van der Waals surface area contributed by atoms with E-state index in [0.29, 0.717) is 17.6 Å². The van der Waals surface area contributed by atoms with E-state index < -0.39 is 0 Å². The van der Waals surface area contributed by atoms with Crippen LogP contribution in [0.1, 0.15) is 62.3 Å². The van der Waals surface area contributed by atoms with Crippen molar-refractivity contribution in [1.82, 2.24) is 5.32 Å². The van der Waals surface area contributed by atoms with Crippen molar-refractivity contribution in [3.8, 4) is 5.75 Å². The van der Waals surface area contributed by atoms with Gasteiger partial charge in [0.25, 0.3) is 0 Å². The standard InChI is InChI=1S/C18H29NO2/c1-12(2)11-21-9-5-8-19-15-10-14(4)17-13(3)6-7-16(20)18(15)17/h6-7,12,14-15,19-20H,5,8-11H2,1-4H3. The van der Waals surface area contributed by atoms with Gasteiger partial charge in [0.2, 0.25) is 0 Å². The summed E-state index contributed by atoms with van der Waals surface area (Å²) >= 11 is 0. The number of benzene rings is 1. The highest BCUT2D eigenvalue weighted by Crippen LogP contribution is 2.45. The molecule has 2 atom stereocenters. The molecule has 0 amide bonds. The average molecular weight is 291 g/mol. The zero-order valence-corrected chi connectivity index (χ0v) is 13.8. The number of aromatic hydroxyl groups is 1. The number of aryl methyl sites for hydroxylation is 1. The predicted octanol–water partition coefficient (Wildman–Crippen LogP) is 3.90. The summed E-state index contributed by atoms with van der Waals surface area (Å²) in [6.45, 7) is 11.3. The Morgan fingerprint density at radius 2 is 2.10 bits per heavy atom. The highest BCUT2D eigenvalue weighted by molar-refractivity contribution is 5.50. The maximum Gasteiger partial charge on any atom is 0.120 e. The zero-order chi connectivity index (χ0) is 15.4. The third kappa shape index (κ3) is 3.98. The Kier molecular flexibility index (Phi) is 5.65. The molecule has 1 aromatic rings. The fraction of sp³-hybridized carbons (Fsp3) is 0.667. The Labute approximate surface area is 128 Å². The summed E-state index contributed by atoms with van der Waals surface area (Å²) in [5.41, 5.74) is 3.74. The molecule has 0 fully saturated rings. The molecular weight excluding hydrogens is 262 g/mol. The Balaban J connectivity index is 1.86. The lowest BCUT2D eigenvalue weighted by atomic mass is 9.97. The molecule has 2 unspecified atom stereocenters. The minimum atomic E-state index is 0.278. The van der Waals surface area contributed by atoms with Crippen molar-refractivity contribution < 1.29 is 9.84 Å². The Morgan fingerprint density at radius 3 is 2.81 bits per heavy atom. The van der Waals surface area contributed by atoms with E-state index in [-0.39, 0.29) is 6.04 Å². The first-order valence-electron chi connectivity index (χ1n) is 8.14. The van der Waals surface area contributed by atoms with Gasteiger partial charge in [-0.1, -0.05) is 26.8 Å². The third-order valence-corrected chi connectivity index (χ3v) is 4.22. The number of ether oxygens (including phenoxy) is 1. The molecule has 2 N–H and O–H groups in total. The number of fused-ring (bicyclic) bond motifs is 1. The van der Waals surface area contributed by atoms with Crippen molar-refractivity contribution >= 4 is 0 Å². The van der Waals surface area contributed by atoms with Crippen molar-refractivity contribution in [2.45, 2.75) is 52.5 Å². The number of nitrogens with one attached hydrogen (secondary N) is 1. The first kappa shape index (κ1) is 16.3. The second kappa shape index (κ2) is 7.28. The lowest BCUT2D eigenvalue weighted by Crippen LogP contribution is -2.22. The molecule has 118 valence electrons. The molecule has 21 heavy (non-hydrogen) atoms. The number of phenols is 1. The molecule has 0 bridgehead atoms. The first-order chi connectivity index (χ1) is 10.0. The number of hydrogen-bond acceptors (Lipinski definition) is 3. The van der Waals surface area contributed by atoms with Crippen LogP contribution >= 0.6 is 0 Å². The molecule has 3 nitrogen and oxygen atoms in total. The van der Waals surface area contributed by atoms with E-state index >= 15 is 0 Å². The van der Waals surface area contributed by atoms with Crippen LogP contribution in [-0.2, 0) is 4.74 Å². The van der Waals surface area contributed by atoms with Crippen LogP contribution in [0.3, 0.4) is 0 Å². The van der Waals surface area contributed by atoms with Crippen LogP contribution in [-0.4, -0.2) is 24.9 Å². The fourth-order valence-electron chi connectivity index (χ4n) is 3.30. The van der Waals surface area contributed by atoms with Gasteiger partial charge in [0.1, 0.15) is 5.75 Å². The highest BCUT2D eigenvalue weighted by atomic mass is 16.5. The van der Waals surface area contributed by atoms with Gasteiger partial charge >= 0.3 is 0 Å². The molecule has 2 rings (SSSR count). The Bertz CT molecular complexity index is 471. The number of phenolic OH excluding ortho intramolecular Hbond substituents is 1. The van der Waals surface area contributed by atoms with Crippen LogP contribution in [0.4, 0.5) is 0 Å². The molecule has 1 aromatic carbocycles. The maximum atomic E-state index is 10.2. The lowest BCUT2D eigenvalue weighted by Gasteiger charge is -2.16. The highest BCUT2D eigenvalue weighted by Gasteiger charge is 2.31. The summed E-state index contributed by atoms with van der Waals surface area (Å²) in [5.74, 6) is 1.55. The molecule has 0 saturated carbocycles. The fourth-order valence-corrected chi connectivity index (χ4v) is 3.30. The van der Waals surface area contributed by atoms with Crippen LogP contribution in [0.2, 0.25) is 0 Å². The van der Waals surface area contributed by atoms with E-state index in [1.165, 1.54) is 11.1 Å². The van der Waals surface area contributed by atoms with Gasteiger partial charge in [0.15, 0.2) is 0 Å². The summed E-state index contributed by atoms with van der Waals surface area (Å²) in [6.07, 6.45) is 2.08. The maximum absolute atomic E-state index is 10.2. The van der Waals surface area contributed by atoms with E-state index in [0.717, 1.165) is 38.2 Å². The van der Waals surface area contributed by atoms with Crippen molar-refractivity contribution in [3.63, 3.8) is 0 Å². The molecule has 0 aliphatic heterocycles. The number of rotatable bonds is 7. The van der Waals surface area contributed by atoms with Gasteiger partial charge in [0.05, 0.1) is 0 Å². The van der Waals surface area contributed by atoms with Crippen LogP contribution in [0.25, 0.3) is 0 Å². The summed E-state index contributed by atoms with van der Waals surface area (Å²) in [7, 11) is 0. The van der Waals surface area contributed by atoms with Crippen LogP contribution < -0.4 is 5.32 Å². The molecular formula is C18H29NO2. The monoisotopic (exact) mass is 291 g/mol. The van der Waals surface area contributed by atoms with E-state index in [4.69, 9.17) is 4.74 Å². The van der Waals surface area contributed by atoms with Crippen molar-refractivity contribution in [2.75, 3.05) is 19.8 Å². The van der Waals surface area contributed by atoms with E-state index in [2.05, 4.69) is 33.0 Å². The summed E-state index contributed by atoms with van der Waals surface area (Å²) < 4.78 is 5.60. The van der Waals surface area contributed by atoms with Gasteiger partial charge in [-0.05, 0) is 55.3 Å². The third-order valence-electron chi connectivity index (χ3n) is 4.22. The molecule has 1 aliphatic rings. The summed E-state index contributed by atoms with van der Waals surface area (Å²) in [6, 6.07) is 4.12. The van der Waals surface area contributed by atoms with Gasteiger partial charge in [-0.3, -0.25) is 0 Å². The van der Waals surface area contributed by atoms with Gasteiger partial charge in [0, 0.05) is 24.8 Å². The number of hydrogen-bond donors (Lipinski definition) is 2. The normalized spacial score (nSPS) is 21.0. The molecule has 0 heterocycles. The second-order valence-electron chi connectivity index (χ2n) is 6.69. The lowest BCUT2D eigenvalue weighted by molar-refractivity contribution is 0.107. The van der Waals surface area contributed by atoms with E-state index in [9.17, 15) is 5.11 Å². The summed E-state index contributed by atoms with van der Waals surface area (Å²) in [5, 5.41) is 13.8. The first-order valence-corrected chi connectivity index (χ1v) is 8.14. The average Bonchev–Trinajstić information content (AvgIpc) is 2.76. The molecule has 0 radical (unpaired) electrons. The van der Waals surface area contributed by atoms with E-state index in [1.54, 1.807) is 0 Å². The van der Waals surface area contributed by atoms with Gasteiger partial charge < -0.3 is 15.2 Å². The Morgan fingerprint density at radius 1 is 1.33 bits per heavy atom. The topological polar surface area (TPSA) is 41.5 Å². The van der Waals surface area contributed by atoms with Gasteiger partial charge in [-0.25, -0.2) is 0 Å². The molecule has 0 aromatic heterocycles. The van der Waals surface area contributed by atoms with Crippen LogP contribution in [0, 0.1) is 12.8 Å². The SMILES string of the molecule is Cc1ccc(O)c2c1C(C)CC2NCCCOCC(C)C. The van der Waals surface area contributed by atoms with Crippen molar-refractivity contribution in [1.29, 1.82) is 0 Å². The predicted molar refractivity (Wildman–Crippen MR) is 86.9 cm³/mol. The van der Waals surface area contributed by atoms with E-state index in [1.807, 2.05) is 12.1 Å². The summed E-state index contributed by atoms with van der Waals surface area (Å²) in [4.78, 5) is 0. The minimum absolute atomic E-state index is 0.278. The quantitative estimate of drug-likeness (QED) is 0.749. The largest absolute Gasteiger partial charge is 0.508 e. The Hall–Kier alpha value is -1.06. The van der Waals surface area contributed by atoms with Crippen molar-refractivity contribution in [2.24, 2.45) is 5.92 Å². The van der Waals surface area contributed by atoms with Gasteiger partial charge in [-0.15, -0.1) is 0 Å². The molecule has 0 spiro atoms. The van der Waals surface area contributed by atoms with Crippen molar-refractivity contribution in [3.05, 3.63) is 28.8 Å². The smallest absolute Gasteiger partial charge is 0.120 e. The second-order valence-corrected chi connectivity index (χ2v) is 6.69. The minimum Gasteiger partial charge on any atom is -0.508 e. The van der Waals surface area contributed by atoms with Gasteiger partial charge in [-0.2, -0.15) is 0 Å². The molecule has 3 heteroatoms. The zero-order valence-electron chi connectivity index (χ0n) is 13.8. The van der Waals surface area contributed by atoms with Crippen LogP contribution in [0.15, 0.2) is 12.1 Å². The molecule has 0 saturated heterocycles. The molecule has 1 aliphatic carbocycles.